The van der Waals surface area contributed by atoms with Crippen molar-refractivity contribution in [2.24, 2.45) is 0 Å². The Labute approximate surface area is 236 Å². The van der Waals surface area contributed by atoms with E-state index >= 15 is 0 Å². The van der Waals surface area contributed by atoms with Crippen LogP contribution in [0, 0.1) is 0 Å². The van der Waals surface area contributed by atoms with E-state index in [1.165, 1.54) is 11.0 Å². The van der Waals surface area contributed by atoms with E-state index in [0.717, 1.165) is 0 Å². The Morgan fingerprint density at radius 3 is 2.27 bits per heavy atom. The van der Waals surface area contributed by atoms with Crippen molar-refractivity contribution in [3.05, 3.63) is 24.3 Å². The van der Waals surface area contributed by atoms with Gasteiger partial charge in [0, 0.05) is 13.0 Å². The molecular weight excluding hydrogens is 540 g/mol. The van der Waals surface area contributed by atoms with Gasteiger partial charge in [0.15, 0.2) is 5.78 Å². The summed E-state index contributed by atoms with van der Waals surface area (Å²) < 4.78 is 31.8. The maximum Gasteiger partial charge on any atom is 0.408 e. The van der Waals surface area contributed by atoms with E-state index in [-0.39, 0.29) is 31.6 Å². The molecule has 0 bridgehead atoms. The van der Waals surface area contributed by atoms with Gasteiger partial charge in [-0.1, -0.05) is 12.2 Å². The monoisotopic (exact) mass is 582 g/mol. The number of nitrogens with zero attached hydrogens (tertiary/aromatic N) is 1. The Morgan fingerprint density at radius 2 is 1.73 bits per heavy atom. The molecule has 1 heterocycles. The van der Waals surface area contributed by atoms with Gasteiger partial charge in [-0.3, -0.25) is 23.9 Å². The first-order valence-electron chi connectivity index (χ1n) is 13.5. The van der Waals surface area contributed by atoms with Crippen LogP contribution in [0.1, 0.15) is 79.6 Å². The average molecular weight is 583 g/mol. The molecule has 13 heteroatoms. The highest BCUT2D eigenvalue weighted by molar-refractivity contribution is 7.90. The van der Waals surface area contributed by atoms with E-state index in [4.69, 9.17) is 4.74 Å². The Balaban J connectivity index is 2.17. The predicted octanol–water partition coefficient (Wildman–Crippen LogP) is 1.86. The van der Waals surface area contributed by atoms with Crippen LogP contribution in [0.4, 0.5) is 4.79 Å². The van der Waals surface area contributed by atoms with Crippen LogP contribution in [-0.4, -0.2) is 78.4 Å². The van der Waals surface area contributed by atoms with Crippen molar-refractivity contribution in [3.63, 3.8) is 0 Å². The first-order chi connectivity index (χ1) is 18.6. The van der Waals surface area contributed by atoms with Crippen molar-refractivity contribution >= 4 is 39.6 Å². The molecule has 1 aliphatic heterocycles. The van der Waals surface area contributed by atoms with E-state index in [2.05, 4.69) is 17.2 Å². The summed E-state index contributed by atoms with van der Waals surface area (Å²) in [7, 11) is -3.82. The molecule has 12 nitrogen and oxygen atoms in total. The second kappa shape index (κ2) is 13.9. The van der Waals surface area contributed by atoms with Crippen molar-refractivity contribution in [2.45, 2.75) is 109 Å². The number of ether oxygens (including phenoxy) is 1. The summed E-state index contributed by atoms with van der Waals surface area (Å²) in [5.41, 5.74) is -0.295. The summed E-state index contributed by atoms with van der Waals surface area (Å²) in [6.07, 6.45) is 3.91. The van der Waals surface area contributed by atoms with Crippen LogP contribution in [0.3, 0.4) is 0 Å². The minimum atomic E-state index is -3.82. The second-order valence-electron chi connectivity index (χ2n) is 11.1. The molecular formula is C27H42N4O8S. The summed E-state index contributed by atoms with van der Waals surface area (Å²) >= 11 is 0. The molecule has 1 unspecified atom stereocenters. The van der Waals surface area contributed by atoms with Crippen LogP contribution in [-0.2, 0) is 33.9 Å². The van der Waals surface area contributed by atoms with E-state index in [9.17, 15) is 32.4 Å². The first kappa shape index (κ1) is 33.0. The first-order valence-corrected chi connectivity index (χ1v) is 15.1. The second-order valence-corrected chi connectivity index (χ2v) is 13.1. The third kappa shape index (κ3) is 9.76. The zero-order chi connectivity index (χ0) is 30.3. The molecule has 1 aliphatic carbocycles. The van der Waals surface area contributed by atoms with E-state index in [1.807, 2.05) is 4.72 Å². The number of carbonyl (C=O) groups excluding carboxylic acids is 5. The molecule has 1 saturated carbocycles. The number of sulfonamides is 1. The molecule has 40 heavy (non-hydrogen) atoms. The molecule has 224 valence electrons. The van der Waals surface area contributed by atoms with Crippen molar-refractivity contribution in [2.75, 3.05) is 6.54 Å². The van der Waals surface area contributed by atoms with Crippen LogP contribution in [0.15, 0.2) is 24.3 Å². The lowest BCUT2D eigenvalue weighted by atomic mass is 10.0. The lowest BCUT2D eigenvalue weighted by molar-refractivity contribution is -0.141. The standard InChI is InChI=1S/C27H42N4O8S/c1-7-10-19(23(33)30-40(37,38)18-12-13-18)28-24(34)21-11-9-16-31(21)25(35)20(14-15-22(32)17(3)8-2)29-26(36)39-27(4,5)6/h7-8,18-21H,1,9-16H2,2-6H3,(H,28,34)(H,29,36)(H,30,33)/b17-8+/t19?,20-,21-/m0/s1. The molecule has 3 atom stereocenters. The highest BCUT2D eigenvalue weighted by Crippen LogP contribution is 2.27. The largest absolute Gasteiger partial charge is 0.444 e. The SMILES string of the molecule is C=CCC(NC(=O)[C@@H]1CCCN1C(=O)[C@H](CCC(=O)/C(C)=C/C)NC(=O)OC(C)(C)C)C(=O)NS(=O)(=O)C1CC1. The number of likely N-dealkylation sites (tertiary alicyclic amines) is 1. The molecule has 1 saturated heterocycles. The number of hydrogen-bond donors (Lipinski definition) is 3. The number of allylic oxidation sites excluding steroid dienone is 2. The summed E-state index contributed by atoms with van der Waals surface area (Å²) in [4.78, 5) is 65.8. The van der Waals surface area contributed by atoms with E-state index in [0.29, 0.717) is 31.3 Å². The zero-order valence-electron chi connectivity index (χ0n) is 23.9. The number of alkyl carbamates (subject to hydrolysis) is 1. The molecule has 3 N–H and O–H groups in total. The Hall–Kier alpha value is -3.22. The van der Waals surface area contributed by atoms with E-state index in [1.54, 1.807) is 40.7 Å². The number of ketones is 1. The van der Waals surface area contributed by atoms with Gasteiger partial charge in [-0.15, -0.1) is 6.58 Å². The van der Waals surface area contributed by atoms with Gasteiger partial charge < -0.3 is 20.3 Å². The van der Waals surface area contributed by atoms with Gasteiger partial charge in [-0.2, -0.15) is 0 Å². The Morgan fingerprint density at radius 1 is 1.07 bits per heavy atom. The molecule has 2 fully saturated rings. The minimum absolute atomic E-state index is 0.00650. The van der Waals surface area contributed by atoms with Gasteiger partial charge in [0.1, 0.15) is 23.7 Å². The number of hydrogen-bond acceptors (Lipinski definition) is 8. The molecule has 2 rings (SSSR count). The average Bonchev–Trinajstić information content (AvgIpc) is 3.61. The van der Waals surface area contributed by atoms with Crippen LogP contribution < -0.4 is 15.4 Å². The van der Waals surface area contributed by atoms with Crippen molar-refractivity contribution in [3.8, 4) is 0 Å². The van der Waals surface area contributed by atoms with E-state index < -0.39 is 62.8 Å². The normalized spacial score (nSPS) is 19.3. The third-order valence-electron chi connectivity index (χ3n) is 6.60. The van der Waals surface area contributed by atoms with Crippen LogP contribution in [0.25, 0.3) is 0 Å². The summed E-state index contributed by atoms with van der Waals surface area (Å²) in [6, 6.07) is -3.29. The van der Waals surface area contributed by atoms with Crippen molar-refractivity contribution in [1.29, 1.82) is 0 Å². The van der Waals surface area contributed by atoms with Crippen LogP contribution >= 0.6 is 0 Å². The number of nitrogens with one attached hydrogen (secondary N) is 3. The molecule has 2 aliphatic rings. The maximum absolute atomic E-state index is 13.6. The summed E-state index contributed by atoms with van der Waals surface area (Å²) in [5.74, 6) is -2.25. The molecule has 4 amide bonds. The molecule has 0 aromatic rings. The fourth-order valence-corrected chi connectivity index (χ4v) is 5.53. The van der Waals surface area contributed by atoms with Gasteiger partial charge in [-0.05, 0) is 78.7 Å². The summed E-state index contributed by atoms with van der Waals surface area (Å²) in [6.45, 7) is 12.2. The third-order valence-corrected chi connectivity index (χ3v) is 8.44. The number of carbonyl (C=O) groups is 5. The van der Waals surface area contributed by atoms with Gasteiger partial charge in [0.25, 0.3) is 5.91 Å². The Kier molecular flexibility index (Phi) is 11.5. The summed E-state index contributed by atoms with van der Waals surface area (Å²) in [5, 5.41) is 4.49. The van der Waals surface area contributed by atoms with Gasteiger partial charge in [0.2, 0.25) is 21.8 Å². The van der Waals surface area contributed by atoms with Gasteiger partial charge in [0.05, 0.1) is 5.25 Å². The maximum atomic E-state index is 13.6. The predicted molar refractivity (Wildman–Crippen MR) is 148 cm³/mol. The fourth-order valence-electron chi connectivity index (χ4n) is 4.18. The molecule has 0 radical (unpaired) electrons. The highest BCUT2D eigenvalue weighted by Gasteiger charge is 2.41. The van der Waals surface area contributed by atoms with Crippen molar-refractivity contribution < 1.29 is 37.1 Å². The van der Waals surface area contributed by atoms with Crippen molar-refractivity contribution in [1.82, 2.24) is 20.3 Å². The lowest BCUT2D eigenvalue weighted by Gasteiger charge is -2.30. The quantitative estimate of drug-likeness (QED) is 0.218. The number of Topliss-reactive ketones (excluding diaryl/α,β-unsaturated/α-hetero) is 1. The number of amides is 4. The molecule has 0 spiro atoms. The van der Waals surface area contributed by atoms with Gasteiger partial charge in [-0.25, -0.2) is 13.2 Å². The molecule has 0 aromatic heterocycles. The fraction of sp³-hybridized carbons (Fsp3) is 0.667. The zero-order valence-corrected chi connectivity index (χ0v) is 24.8. The topological polar surface area (TPSA) is 168 Å². The smallest absolute Gasteiger partial charge is 0.408 e. The lowest BCUT2D eigenvalue weighted by Crippen LogP contribution is -2.56. The Bertz CT molecular complexity index is 1140. The highest BCUT2D eigenvalue weighted by atomic mass is 32.2. The van der Waals surface area contributed by atoms with Crippen LogP contribution in [0.5, 0.6) is 0 Å². The minimum Gasteiger partial charge on any atom is -0.444 e. The van der Waals surface area contributed by atoms with Crippen LogP contribution in [0.2, 0.25) is 0 Å². The molecule has 0 aromatic carbocycles. The number of rotatable bonds is 13. The van der Waals surface area contributed by atoms with Gasteiger partial charge >= 0.3 is 6.09 Å².